The van der Waals surface area contributed by atoms with Crippen LogP contribution in [-0.2, 0) is 0 Å². The van der Waals surface area contributed by atoms with Crippen molar-refractivity contribution in [3.8, 4) is 5.75 Å². The van der Waals surface area contributed by atoms with E-state index in [0.29, 0.717) is 16.9 Å². The number of esters is 1. The highest BCUT2D eigenvalue weighted by Crippen LogP contribution is 2.23. The fraction of sp³-hybridized carbons (Fsp3) is 0.0476. The smallest absolute Gasteiger partial charge is 0.343 e. The van der Waals surface area contributed by atoms with Crippen molar-refractivity contribution < 1.29 is 13.9 Å². The summed E-state index contributed by atoms with van der Waals surface area (Å²) in [6.07, 6.45) is 0. The Labute approximate surface area is 143 Å². The SMILES string of the molecule is Cc1cc(=O)oc2cc(OC(=O)c3ccc4ccccc4c3)ccc12. The first-order valence-corrected chi connectivity index (χ1v) is 7.86. The van der Waals surface area contributed by atoms with Crippen LogP contribution in [0.5, 0.6) is 5.75 Å². The van der Waals surface area contributed by atoms with Gasteiger partial charge in [0, 0.05) is 17.5 Å². The zero-order chi connectivity index (χ0) is 17.4. The summed E-state index contributed by atoms with van der Waals surface area (Å²) in [7, 11) is 0. The summed E-state index contributed by atoms with van der Waals surface area (Å²) < 4.78 is 10.6. The summed E-state index contributed by atoms with van der Waals surface area (Å²) in [6.45, 7) is 1.83. The minimum Gasteiger partial charge on any atom is -0.423 e. The number of hydrogen-bond donors (Lipinski definition) is 0. The van der Waals surface area contributed by atoms with Crippen LogP contribution in [0.2, 0.25) is 0 Å². The topological polar surface area (TPSA) is 56.5 Å². The fourth-order valence-electron chi connectivity index (χ4n) is 2.85. The van der Waals surface area contributed by atoms with Gasteiger partial charge in [0.1, 0.15) is 11.3 Å². The molecule has 4 aromatic rings. The zero-order valence-corrected chi connectivity index (χ0v) is 13.5. The van der Waals surface area contributed by atoms with E-state index in [0.717, 1.165) is 21.7 Å². The lowest BCUT2D eigenvalue weighted by Gasteiger charge is -2.07. The molecule has 0 atom stereocenters. The van der Waals surface area contributed by atoms with Crippen molar-refractivity contribution in [2.45, 2.75) is 6.92 Å². The summed E-state index contributed by atoms with van der Waals surface area (Å²) in [5.41, 5.74) is 1.25. The molecular formula is C21H14O4. The molecule has 122 valence electrons. The molecule has 4 rings (SSSR count). The van der Waals surface area contributed by atoms with Gasteiger partial charge in [0.05, 0.1) is 5.56 Å². The molecule has 0 aliphatic rings. The van der Waals surface area contributed by atoms with Crippen LogP contribution in [0.3, 0.4) is 0 Å². The summed E-state index contributed by atoms with van der Waals surface area (Å²) >= 11 is 0. The van der Waals surface area contributed by atoms with Gasteiger partial charge in [-0.3, -0.25) is 0 Å². The molecule has 0 amide bonds. The third-order valence-corrected chi connectivity index (χ3v) is 4.12. The second-order valence-corrected chi connectivity index (χ2v) is 5.86. The minimum absolute atomic E-state index is 0.333. The summed E-state index contributed by atoms with van der Waals surface area (Å²) in [5.74, 6) is -0.125. The highest BCUT2D eigenvalue weighted by molar-refractivity contribution is 5.96. The van der Waals surface area contributed by atoms with Crippen molar-refractivity contribution in [2.75, 3.05) is 0 Å². The molecule has 0 unspecified atom stereocenters. The van der Waals surface area contributed by atoms with E-state index in [1.165, 1.54) is 6.07 Å². The maximum absolute atomic E-state index is 12.4. The van der Waals surface area contributed by atoms with Crippen molar-refractivity contribution in [1.82, 2.24) is 0 Å². The molecule has 4 heteroatoms. The van der Waals surface area contributed by atoms with Crippen LogP contribution < -0.4 is 10.4 Å². The molecule has 0 N–H and O–H groups in total. The molecule has 0 saturated heterocycles. The standard InChI is InChI=1S/C21H14O4/c1-13-10-20(22)25-19-12-17(8-9-18(13)19)24-21(23)16-7-6-14-4-2-3-5-15(14)11-16/h2-12H,1H3. The van der Waals surface area contributed by atoms with E-state index < -0.39 is 11.6 Å². The molecule has 0 fully saturated rings. The van der Waals surface area contributed by atoms with E-state index in [9.17, 15) is 9.59 Å². The van der Waals surface area contributed by atoms with E-state index in [1.807, 2.05) is 37.3 Å². The lowest BCUT2D eigenvalue weighted by molar-refractivity contribution is 0.0735. The molecule has 0 saturated carbocycles. The Morgan fingerprint density at radius 1 is 0.920 bits per heavy atom. The number of hydrogen-bond acceptors (Lipinski definition) is 4. The number of carbonyl (C=O) groups excluding carboxylic acids is 1. The Kier molecular flexibility index (Phi) is 3.58. The number of fused-ring (bicyclic) bond motifs is 2. The Hall–Kier alpha value is -3.40. The fourth-order valence-corrected chi connectivity index (χ4v) is 2.85. The molecule has 0 bridgehead atoms. The van der Waals surface area contributed by atoms with E-state index in [-0.39, 0.29) is 0 Å². The summed E-state index contributed by atoms with van der Waals surface area (Å²) in [6, 6.07) is 19.7. The largest absolute Gasteiger partial charge is 0.423 e. The average molecular weight is 330 g/mol. The number of rotatable bonds is 2. The summed E-state index contributed by atoms with van der Waals surface area (Å²) in [5, 5.41) is 2.84. The number of carbonyl (C=O) groups is 1. The van der Waals surface area contributed by atoms with E-state index in [1.54, 1.807) is 30.3 Å². The van der Waals surface area contributed by atoms with Gasteiger partial charge < -0.3 is 9.15 Å². The van der Waals surface area contributed by atoms with Crippen LogP contribution in [0, 0.1) is 6.92 Å². The predicted molar refractivity (Wildman–Crippen MR) is 96.1 cm³/mol. The third kappa shape index (κ3) is 2.90. The summed E-state index contributed by atoms with van der Waals surface area (Å²) in [4.78, 5) is 23.9. The molecule has 1 heterocycles. The highest BCUT2D eigenvalue weighted by Gasteiger charge is 2.11. The number of aryl methyl sites for hydroxylation is 1. The molecule has 4 nitrogen and oxygen atoms in total. The third-order valence-electron chi connectivity index (χ3n) is 4.12. The minimum atomic E-state index is -0.458. The van der Waals surface area contributed by atoms with Gasteiger partial charge >= 0.3 is 11.6 Å². The molecule has 25 heavy (non-hydrogen) atoms. The van der Waals surface area contributed by atoms with Gasteiger partial charge in [0.15, 0.2) is 0 Å². The monoisotopic (exact) mass is 330 g/mol. The highest BCUT2D eigenvalue weighted by atomic mass is 16.5. The van der Waals surface area contributed by atoms with Crippen LogP contribution >= 0.6 is 0 Å². The van der Waals surface area contributed by atoms with Crippen molar-refractivity contribution in [2.24, 2.45) is 0 Å². The number of ether oxygens (including phenoxy) is 1. The van der Waals surface area contributed by atoms with Gasteiger partial charge in [0.2, 0.25) is 0 Å². The molecule has 0 aliphatic carbocycles. The molecule has 3 aromatic carbocycles. The average Bonchev–Trinajstić information content (AvgIpc) is 2.60. The first kappa shape index (κ1) is 15.1. The van der Waals surface area contributed by atoms with Crippen molar-refractivity contribution in [3.05, 3.63) is 88.3 Å². The quantitative estimate of drug-likeness (QED) is 0.309. The second-order valence-electron chi connectivity index (χ2n) is 5.86. The first-order chi connectivity index (χ1) is 12.1. The van der Waals surface area contributed by atoms with E-state index >= 15 is 0 Å². The molecule has 1 aromatic heterocycles. The maximum atomic E-state index is 12.4. The van der Waals surface area contributed by atoms with Crippen LogP contribution in [-0.4, -0.2) is 5.97 Å². The lowest BCUT2D eigenvalue weighted by Crippen LogP contribution is -2.08. The van der Waals surface area contributed by atoms with Gasteiger partial charge in [-0.1, -0.05) is 30.3 Å². The lowest BCUT2D eigenvalue weighted by atomic mass is 10.1. The maximum Gasteiger partial charge on any atom is 0.343 e. The van der Waals surface area contributed by atoms with Gasteiger partial charge in [-0.05, 0) is 47.5 Å². The second kappa shape index (κ2) is 5.91. The van der Waals surface area contributed by atoms with Crippen LogP contribution in [0.25, 0.3) is 21.7 Å². The van der Waals surface area contributed by atoms with Crippen LogP contribution in [0.15, 0.2) is 75.9 Å². The van der Waals surface area contributed by atoms with Gasteiger partial charge in [0.25, 0.3) is 0 Å². The molecule has 0 spiro atoms. The molecular weight excluding hydrogens is 316 g/mol. The first-order valence-electron chi connectivity index (χ1n) is 7.86. The van der Waals surface area contributed by atoms with Crippen LogP contribution in [0.1, 0.15) is 15.9 Å². The van der Waals surface area contributed by atoms with E-state index in [2.05, 4.69) is 0 Å². The van der Waals surface area contributed by atoms with E-state index in [4.69, 9.17) is 9.15 Å². The van der Waals surface area contributed by atoms with Gasteiger partial charge in [-0.15, -0.1) is 0 Å². The zero-order valence-electron chi connectivity index (χ0n) is 13.5. The Morgan fingerprint density at radius 3 is 2.56 bits per heavy atom. The van der Waals surface area contributed by atoms with Crippen molar-refractivity contribution in [1.29, 1.82) is 0 Å². The predicted octanol–water partition coefficient (Wildman–Crippen LogP) is 4.47. The van der Waals surface area contributed by atoms with Gasteiger partial charge in [-0.25, -0.2) is 9.59 Å². The number of benzene rings is 3. The van der Waals surface area contributed by atoms with Crippen LogP contribution in [0.4, 0.5) is 0 Å². The normalized spacial score (nSPS) is 10.9. The van der Waals surface area contributed by atoms with Crippen molar-refractivity contribution in [3.63, 3.8) is 0 Å². The Morgan fingerprint density at radius 2 is 1.72 bits per heavy atom. The van der Waals surface area contributed by atoms with Crippen molar-refractivity contribution >= 4 is 27.7 Å². The molecule has 0 aliphatic heterocycles. The van der Waals surface area contributed by atoms with Gasteiger partial charge in [-0.2, -0.15) is 0 Å². The Balaban J connectivity index is 1.67. The Bertz CT molecular complexity index is 1170. The molecule has 0 radical (unpaired) electrons.